The molecule has 2 aromatic heterocycles. The minimum Gasteiger partial charge on any atom is -0.301 e. The quantitative estimate of drug-likeness (QED) is 0.209. The number of carbonyl (C=O) groups is 2. The Bertz CT molecular complexity index is 1980. The molecule has 6 nitrogen and oxygen atoms in total. The monoisotopic (exact) mass is 598 g/mol. The summed E-state index contributed by atoms with van der Waals surface area (Å²) in [6.45, 7) is 2.09. The molecule has 4 aromatic carbocycles. The van der Waals surface area contributed by atoms with Gasteiger partial charge < -0.3 is 5.32 Å². The van der Waals surface area contributed by atoms with Gasteiger partial charge in [-0.3, -0.25) is 14.9 Å². The second-order valence-corrected chi connectivity index (χ2v) is 13.3. The molecule has 2 amide bonds. The van der Waals surface area contributed by atoms with Crippen LogP contribution in [0.1, 0.15) is 57.8 Å². The van der Waals surface area contributed by atoms with E-state index in [-0.39, 0.29) is 23.7 Å². The standard InChI is InChI=1S/C35H26N4O2S2/c1-35(18-26-22-11-2-4-13-24(22)30(35)25-14-5-3-12-23(25)26)32(41)39-33-37-28(19-42-33)20-9-8-10-21(17-20)31(40)38-34-36-27-15-6-7-16-29(27)43-34/h2-17,19,26,30H,18H2,1H3,(H,36,38,40)(H,37,39,41). The Balaban J connectivity index is 1.03. The summed E-state index contributed by atoms with van der Waals surface area (Å²) in [5.41, 5.74) is 7.43. The minimum atomic E-state index is -0.613. The van der Waals surface area contributed by atoms with Crippen LogP contribution in [0.25, 0.3) is 21.5 Å². The van der Waals surface area contributed by atoms with Crippen LogP contribution in [-0.2, 0) is 4.79 Å². The van der Waals surface area contributed by atoms with Crippen molar-refractivity contribution in [3.63, 3.8) is 0 Å². The predicted octanol–water partition coefficient (Wildman–Crippen LogP) is 8.30. The summed E-state index contributed by atoms with van der Waals surface area (Å²) in [6.07, 6.45) is 0.752. The predicted molar refractivity (Wildman–Crippen MR) is 173 cm³/mol. The maximum absolute atomic E-state index is 14.0. The molecule has 0 aliphatic heterocycles. The van der Waals surface area contributed by atoms with Crippen LogP contribution in [-0.4, -0.2) is 21.8 Å². The third-order valence-electron chi connectivity index (χ3n) is 8.81. The van der Waals surface area contributed by atoms with Gasteiger partial charge in [-0.1, -0.05) is 84.1 Å². The fraction of sp³-hybridized carbons (Fsp3) is 0.143. The van der Waals surface area contributed by atoms with Crippen molar-refractivity contribution in [2.45, 2.75) is 25.2 Å². The van der Waals surface area contributed by atoms with E-state index in [1.807, 2.05) is 47.8 Å². The number of nitrogens with zero attached hydrogens (tertiary/aromatic N) is 2. The highest BCUT2D eigenvalue weighted by Gasteiger charge is 2.54. The number of rotatable bonds is 5. The van der Waals surface area contributed by atoms with Gasteiger partial charge in [-0.2, -0.15) is 0 Å². The number of thiazole rings is 2. The number of fused-ring (bicyclic) bond motifs is 2. The lowest BCUT2D eigenvalue weighted by atomic mass is 9.52. The zero-order chi connectivity index (χ0) is 29.1. The molecule has 8 heteroatoms. The molecule has 3 aliphatic carbocycles. The number of carbonyl (C=O) groups excluding carboxylic acids is 2. The average molecular weight is 599 g/mol. The van der Waals surface area contributed by atoms with Crippen molar-refractivity contribution in [2.75, 3.05) is 10.6 Å². The summed E-state index contributed by atoms with van der Waals surface area (Å²) in [5.74, 6) is -0.0755. The molecule has 2 N–H and O–H groups in total. The van der Waals surface area contributed by atoms with Crippen LogP contribution in [0.4, 0.5) is 10.3 Å². The lowest BCUT2D eigenvalue weighted by molar-refractivity contribution is -0.126. The summed E-state index contributed by atoms with van der Waals surface area (Å²) in [6, 6.07) is 32.3. The van der Waals surface area contributed by atoms with Gasteiger partial charge in [0.25, 0.3) is 5.91 Å². The molecule has 0 saturated carbocycles. The summed E-state index contributed by atoms with van der Waals surface area (Å²) >= 11 is 2.84. The van der Waals surface area contributed by atoms with Gasteiger partial charge in [0.05, 0.1) is 21.3 Å². The molecule has 210 valence electrons. The van der Waals surface area contributed by atoms with E-state index in [2.05, 4.69) is 71.1 Å². The van der Waals surface area contributed by atoms with Crippen LogP contribution in [0.15, 0.2) is 102 Å². The molecule has 1 atom stereocenters. The zero-order valence-corrected chi connectivity index (χ0v) is 24.8. The minimum absolute atomic E-state index is 0.0173. The van der Waals surface area contributed by atoms with Gasteiger partial charge in [-0.15, -0.1) is 11.3 Å². The number of amides is 2. The molecular weight excluding hydrogens is 573 g/mol. The Morgan fingerprint density at radius 1 is 0.791 bits per heavy atom. The summed E-state index contributed by atoms with van der Waals surface area (Å²) in [4.78, 5) is 36.3. The Kier molecular flexibility index (Phi) is 6.03. The molecule has 0 radical (unpaired) electrons. The van der Waals surface area contributed by atoms with Gasteiger partial charge in [0.1, 0.15) is 0 Å². The second kappa shape index (κ2) is 9.97. The molecule has 3 aliphatic rings. The molecule has 2 bridgehead atoms. The SMILES string of the molecule is CC1(C(=O)Nc2nc(-c3cccc(C(=O)Nc4nc5ccccc5s4)c3)cs2)CC2c3ccccc3C1c1ccccc12. The van der Waals surface area contributed by atoms with Crippen molar-refractivity contribution >= 4 is 55.0 Å². The second-order valence-electron chi connectivity index (χ2n) is 11.4. The van der Waals surface area contributed by atoms with Crippen molar-refractivity contribution in [2.24, 2.45) is 5.41 Å². The number of benzene rings is 4. The first-order valence-corrected chi connectivity index (χ1v) is 15.9. The molecule has 0 saturated heterocycles. The molecule has 43 heavy (non-hydrogen) atoms. The van der Waals surface area contributed by atoms with E-state index in [0.29, 0.717) is 21.5 Å². The Morgan fingerprint density at radius 2 is 1.49 bits per heavy atom. The zero-order valence-electron chi connectivity index (χ0n) is 23.2. The molecule has 1 unspecified atom stereocenters. The van der Waals surface area contributed by atoms with Crippen molar-refractivity contribution in [3.8, 4) is 11.3 Å². The van der Waals surface area contributed by atoms with Crippen molar-refractivity contribution in [1.29, 1.82) is 0 Å². The number of nitrogens with one attached hydrogen (secondary N) is 2. The van der Waals surface area contributed by atoms with Crippen molar-refractivity contribution < 1.29 is 9.59 Å². The number of hydrogen-bond acceptors (Lipinski definition) is 6. The van der Waals surface area contributed by atoms with Crippen molar-refractivity contribution in [1.82, 2.24) is 9.97 Å². The highest BCUT2D eigenvalue weighted by Crippen LogP contribution is 2.61. The van der Waals surface area contributed by atoms with E-state index in [1.165, 1.54) is 44.9 Å². The fourth-order valence-corrected chi connectivity index (χ4v) is 8.38. The summed E-state index contributed by atoms with van der Waals surface area (Å²) in [5, 5.41) is 9.10. The highest BCUT2D eigenvalue weighted by molar-refractivity contribution is 7.22. The fourth-order valence-electron chi connectivity index (χ4n) is 6.81. The molecule has 0 fully saturated rings. The van der Waals surface area contributed by atoms with Crippen molar-refractivity contribution in [3.05, 3.63) is 130 Å². The maximum atomic E-state index is 14.0. The van der Waals surface area contributed by atoms with Crippen LogP contribution in [0.2, 0.25) is 0 Å². The lowest BCUT2D eigenvalue weighted by Gasteiger charge is -2.50. The van der Waals surface area contributed by atoms with Gasteiger partial charge in [-0.25, -0.2) is 9.97 Å². The van der Waals surface area contributed by atoms with Gasteiger partial charge in [0.15, 0.2) is 10.3 Å². The van der Waals surface area contributed by atoms with Gasteiger partial charge in [0.2, 0.25) is 5.91 Å². The van der Waals surface area contributed by atoms with Crippen LogP contribution >= 0.6 is 22.7 Å². The van der Waals surface area contributed by atoms with E-state index < -0.39 is 5.41 Å². The Labute approximate surface area is 256 Å². The summed E-state index contributed by atoms with van der Waals surface area (Å²) in [7, 11) is 0. The topological polar surface area (TPSA) is 84.0 Å². The van der Waals surface area contributed by atoms with E-state index in [4.69, 9.17) is 4.98 Å². The van der Waals surface area contributed by atoms with Crippen LogP contribution in [0.3, 0.4) is 0 Å². The van der Waals surface area contributed by atoms with Gasteiger partial charge in [-0.05, 0) is 59.9 Å². The maximum Gasteiger partial charge on any atom is 0.257 e. The first-order chi connectivity index (χ1) is 21.0. The smallest absolute Gasteiger partial charge is 0.257 e. The van der Waals surface area contributed by atoms with E-state index >= 15 is 0 Å². The van der Waals surface area contributed by atoms with Crippen LogP contribution in [0.5, 0.6) is 0 Å². The average Bonchev–Trinajstić information content (AvgIpc) is 3.68. The van der Waals surface area contributed by atoms with Crippen LogP contribution < -0.4 is 10.6 Å². The third-order valence-corrected chi connectivity index (χ3v) is 10.5. The molecule has 6 aromatic rings. The Hall–Kier alpha value is -4.66. The molecule has 9 rings (SSSR count). The largest absolute Gasteiger partial charge is 0.301 e. The third kappa shape index (κ3) is 4.28. The lowest BCUT2D eigenvalue weighted by Crippen LogP contribution is -2.47. The molecule has 2 heterocycles. The highest BCUT2D eigenvalue weighted by atomic mass is 32.1. The Morgan fingerprint density at radius 3 is 2.23 bits per heavy atom. The number of aromatic nitrogens is 2. The number of anilines is 2. The normalized spacial score (nSPS) is 19.9. The van der Waals surface area contributed by atoms with Gasteiger partial charge in [0, 0.05) is 28.3 Å². The van der Waals surface area contributed by atoms with Crippen LogP contribution in [0, 0.1) is 5.41 Å². The van der Waals surface area contributed by atoms with E-state index in [1.54, 1.807) is 6.07 Å². The first kappa shape index (κ1) is 26.0. The molecule has 0 spiro atoms. The van der Waals surface area contributed by atoms with E-state index in [9.17, 15) is 9.59 Å². The summed E-state index contributed by atoms with van der Waals surface area (Å²) < 4.78 is 1.02. The number of hydrogen-bond donors (Lipinski definition) is 2. The molecular formula is C35H26N4O2S2. The van der Waals surface area contributed by atoms with E-state index in [0.717, 1.165) is 22.2 Å². The van der Waals surface area contributed by atoms with Gasteiger partial charge >= 0.3 is 0 Å². The number of para-hydroxylation sites is 1. The first-order valence-electron chi connectivity index (χ1n) is 14.2.